The van der Waals surface area contributed by atoms with Crippen LogP contribution in [0.15, 0.2) is 30.3 Å². The SMILES string of the molecule is CC(=O)N1CCN(CCCc2ccccc2)CC1C(=O)N(C)C. The lowest BCUT2D eigenvalue weighted by atomic mass is 10.1. The number of rotatable bonds is 5. The Bertz CT molecular complexity index is 530. The van der Waals surface area contributed by atoms with E-state index in [1.807, 2.05) is 6.07 Å². The van der Waals surface area contributed by atoms with E-state index >= 15 is 0 Å². The normalized spacial score (nSPS) is 18.7. The molecule has 1 aliphatic rings. The van der Waals surface area contributed by atoms with Gasteiger partial charge in [-0.3, -0.25) is 14.5 Å². The summed E-state index contributed by atoms with van der Waals surface area (Å²) >= 11 is 0. The van der Waals surface area contributed by atoms with Crippen molar-refractivity contribution >= 4 is 11.8 Å². The molecule has 0 N–H and O–H groups in total. The van der Waals surface area contributed by atoms with Gasteiger partial charge in [-0.1, -0.05) is 30.3 Å². The molecule has 1 fully saturated rings. The minimum Gasteiger partial charge on any atom is -0.347 e. The van der Waals surface area contributed by atoms with Gasteiger partial charge in [0.2, 0.25) is 11.8 Å². The molecule has 0 aromatic heterocycles. The number of carbonyl (C=O) groups is 2. The summed E-state index contributed by atoms with van der Waals surface area (Å²) in [5.74, 6) is -0.0119. The average Bonchev–Trinajstić information content (AvgIpc) is 2.54. The van der Waals surface area contributed by atoms with Crippen LogP contribution >= 0.6 is 0 Å². The van der Waals surface area contributed by atoms with E-state index in [1.165, 1.54) is 5.56 Å². The van der Waals surface area contributed by atoms with E-state index in [4.69, 9.17) is 0 Å². The highest BCUT2D eigenvalue weighted by atomic mass is 16.2. The molecule has 5 nitrogen and oxygen atoms in total. The molecule has 1 aromatic carbocycles. The fourth-order valence-electron chi connectivity index (χ4n) is 3.08. The molecule has 23 heavy (non-hydrogen) atoms. The lowest BCUT2D eigenvalue weighted by Gasteiger charge is -2.41. The van der Waals surface area contributed by atoms with Crippen LogP contribution in [0.4, 0.5) is 0 Å². The maximum Gasteiger partial charge on any atom is 0.246 e. The third-order valence-electron chi connectivity index (χ3n) is 4.38. The molecule has 1 unspecified atom stereocenters. The van der Waals surface area contributed by atoms with Crippen molar-refractivity contribution in [1.29, 1.82) is 0 Å². The summed E-state index contributed by atoms with van der Waals surface area (Å²) < 4.78 is 0. The van der Waals surface area contributed by atoms with Crippen molar-refractivity contribution < 1.29 is 9.59 Å². The maximum absolute atomic E-state index is 12.4. The molecule has 2 amide bonds. The van der Waals surface area contributed by atoms with Crippen LogP contribution in [-0.2, 0) is 16.0 Å². The third kappa shape index (κ3) is 4.79. The predicted octanol–water partition coefficient (Wildman–Crippen LogP) is 1.24. The van der Waals surface area contributed by atoms with Crippen molar-refractivity contribution in [2.45, 2.75) is 25.8 Å². The monoisotopic (exact) mass is 317 g/mol. The van der Waals surface area contributed by atoms with Crippen molar-refractivity contribution in [2.24, 2.45) is 0 Å². The highest BCUT2D eigenvalue weighted by molar-refractivity contribution is 5.87. The van der Waals surface area contributed by atoms with Gasteiger partial charge in [-0.05, 0) is 24.9 Å². The second-order valence-electron chi connectivity index (χ2n) is 6.35. The first kappa shape index (κ1) is 17.5. The topological polar surface area (TPSA) is 43.9 Å². The first-order valence-corrected chi connectivity index (χ1v) is 8.23. The average molecular weight is 317 g/mol. The number of likely N-dealkylation sites (N-methyl/N-ethyl adjacent to an activating group) is 1. The first-order valence-electron chi connectivity index (χ1n) is 8.23. The highest BCUT2D eigenvalue weighted by Crippen LogP contribution is 2.13. The zero-order valence-electron chi connectivity index (χ0n) is 14.4. The van der Waals surface area contributed by atoms with Crippen LogP contribution in [0.2, 0.25) is 0 Å². The fourth-order valence-corrected chi connectivity index (χ4v) is 3.08. The Kier molecular flexibility index (Phi) is 6.16. The molecule has 5 heteroatoms. The molecule has 0 saturated carbocycles. The van der Waals surface area contributed by atoms with Crippen LogP contribution in [-0.4, -0.2) is 72.8 Å². The molecule has 0 bridgehead atoms. The maximum atomic E-state index is 12.4. The van der Waals surface area contributed by atoms with Crippen molar-refractivity contribution in [3.63, 3.8) is 0 Å². The van der Waals surface area contributed by atoms with E-state index in [0.29, 0.717) is 13.1 Å². The second-order valence-corrected chi connectivity index (χ2v) is 6.35. The molecule has 0 spiro atoms. The molecule has 1 heterocycles. The number of aryl methyl sites for hydroxylation is 1. The van der Waals surface area contributed by atoms with E-state index in [9.17, 15) is 9.59 Å². The highest BCUT2D eigenvalue weighted by Gasteiger charge is 2.34. The van der Waals surface area contributed by atoms with Crippen molar-refractivity contribution in [3.8, 4) is 0 Å². The standard InChI is InChI=1S/C18H27N3O2/c1-15(22)21-13-12-20(14-17(21)18(23)19(2)3)11-7-10-16-8-5-4-6-9-16/h4-6,8-9,17H,7,10-14H2,1-3H3. The number of amides is 2. The summed E-state index contributed by atoms with van der Waals surface area (Å²) in [5, 5.41) is 0. The minimum absolute atomic E-state index is 0.00737. The predicted molar refractivity (Wildman–Crippen MR) is 91.1 cm³/mol. The molecule has 1 atom stereocenters. The van der Waals surface area contributed by atoms with E-state index < -0.39 is 0 Å². The van der Waals surface area contributed by atoms with Crippen LogP contribution in [0.25, 0.3) is 0 Å². The molecule has 1 aliphatic heterocycles. The zero-order chi connectivity index (χ0) is 16.8. The number of hydrogen-bond acceptors (Lipinski definition) is 3. The summed E-state index contributed by atoms with van der Waals surface area (Å²) in [5.41, 5.74) is 1.34. The van der Waals surface area contributed by atoms with Gasteiger partial charge < -0.3 is 9.80 Å². The molecule has 0 radical (unpaired) electrons. The van der Waals surface area contributed by atoms with Gasteiger partial charge in [-0.25, -0.2) is 0 Å². The van der Waals surface area contributed by atoms with E-state index in [0.717, 1.165) is 25.9 Å². The largest absolute Gasteiger partial charge is 0.347 e. The molecule has 2 rings (SSSR count). The Hall–Kier alpha value is -1.88. The zero-order valence-corrected chi connectivity index (χ0v) is 14.4. The number of nitrogens with zero attached hydrogens (tertiary/aromatic N) is 3. The summed E-state index contributed by atoms with van der Waals surface area (Å²) in [4.78, 5) is 29.7. The number of piperazine rings is 1. The van der Waals surface area contributed by atoms with Crippen LogP contribution in [0.5, 0.6) is 0 Å². The van der Waals surface area contributed by atoms with Gasteiger partial charge in [0.25, 0.3) is 0 Å². The van der Waals surface area contributed by atoms with Gasteiger partial charge in [0.1, 0.15) is 6.04 Å². The molecular formula is C18H27N3O2. The van der Waals surface area contributed by atoms with Gasteiger partial charge in [0.05, 0.1) is 0 Å². The number of benzene rings is 1. The minimum atomic E-state index is -0.354. The Morgan fingerprint density at radius 3 is 2.48 bits per heavy atom. The van der Waals surface area contributed by atoms with Gasteiger partial charge >= 0.3 is 0 Å². The van der Waals surface area contributed by atoms with Crippen LogP contribution in [0.3, 0.4) is 0 Å². The molecule has 1 aromatic rings. The van der Waals surface area contributed by atoms with Gasteiger partial charge in [-0.2, -0.15) is 0 Å². The first-order chi connectivity index (χ1) is 11.0. The Labute approximate surface area is 138 Å². The second kappa shape index (κ2) is 8.11. The lowest BCUT2D eigenvalue weighted by molar-refractivity contribution is -0.146. The Balaban J connectivity index is 1.89. The molecule has 1 saturated heterocycles. The quantitative estimate of drug-likeness (QED) is 0.821. The van der Waals surface area contributed by atoms with Crippen molar-refractivity contribution in [1.82, 2.24) is 14.7 Å². The van der Waals surface area contributed by atoms with Gasteiger partial charge in [0, 0.05) is 40.7 Å². The Morgan fingerprint density at radius 2 is 1.87 bits per heavy atom. The summed E-state index contributed by atoms with van der Waals surface area (Å²) in [6.07, 6.45) is 2.10. The summed E-state index contributed by atoms with van der Waals surface area (Å²) in [7, 11) is 3.49. The number of carbonyl (C=O) groups excluding carboxylic acids is 2. The Morgan fingerprint density at radius 1 is 1.17 bits per heavy atom. The molecule has 0 aliphatic carbocycles. The van der Waals surface area contributed by atoms with Crippen LogP contribution < -0.4 is 0 Å². The van der Waals surface area contributed by atoms with Crippen LogP contribution in [0.1, 0.15) is 18.9 Å². The molecule has 126 valence electrons. The van der Waals surface area contributed by atoms with Gasteiger partial charge in [-0.15, -0.1) is 0 Å². The van der Waals surface area contributed by atoms with Gasteiger partial charge in [0.15, 0.2) is 0 Å². The summed E-state index contributed by atoms with van der Waals surface area (Å²) in [6, 6.07) is 10.1. The lowest BCUT2D eigenvalue weighted by Crippen LogP contribution is -2.60. The fraction of sp³-hybridized carbons (Fsp3) is 0.556. The van der Waals surface area contributed by atoms with E-state index in [1.54, 1.807) is 30.8 Å². The smallest absolute Gasteiger partial charge is 0.246 e. The van der Waals surface area contributed by atoms with E-state index in [-0.39, 0.29) is 17.9 Å². The van der Waals surface area contributed by atoms with E-state index in [2.05, 4.69) is 29.2 Å². The third-order valence-corrected chi connectivity index (χ3v) is 4.38. The van der Waals surface area contributed by atoms with Crippen LogP contribution in [0, 0.1) is 0 Å². The van der Waals surface area contributed by atoms with Crippen molar-refractivity contribution in [3.05, 3.63) is 35.9 Å². The summed E-state index contributed by atoms with van der Waals surface area (Å²) in [6.45, 7) is 4.60. The molecular weight excluding hydrogens is 290 g/mol. The number of hydrogen-bond donors (Lipinski definition) is 0. The van der Waals surface area contributed by atoms with Crippen molar-refractivity contribution in [2.75, 3.05) is 40.3 Å².